The Labute approximate surface area is 117 Å². The Bertz CT molecular complexity index is 432. The van der Waals surface area contributed by atoms with Gasteiger partial charge in [0.2, 0.25) is 0 Å². The minimum Gasteiger partial charge on any atom is -0.434 e. The molecule has 0 saturated carbocycles. The second kappa shape index (κ2) is 7.90. The van der Waals surface area contributed by atoms with Crippen LogP contribution in [0.3, 0.4) is 0 Å². The summed E-state index contributed by atoms with van der Waals surface area (Å²) in [5, 5.41) is 5.39. The van der Waals surface area contributed by atoms with Gasteiger partial charge in [-0.3, -0.25) is 0 Å². The third-order valence-corrected chi connectivity index (χ3v) is 2.65. The van der Waals surface area contributed by atoms with Gasteiger partial charge in [0.15, 0.2) is 0 Å². The molecule has 2 amide bonds. The molecule has 0 unspecified atom stereocenters. The van der Waals surface area contributed by atoms with Gasteiger partial charge in [-0.05, 0) is 18.2 Å². The SMILES string of the molecule is NC(=O)NCCNCc1cc(Br)ccc1OC(F)F. The molecule has 0 aliphatic carbocycles. The predicted octanol–water partition coefficient (Wildman–Crippen LogP) is 1.81. The van der Waals surface area contributed by atoms with Gasteiger partial charge in [-0.1, -0.05) is 15.9 Å². The Kier molecular flexibility index (Phi) is 6.51. The minimum absolute atomic E-state index is 0.119. The maximum Gasteiger partial charge on any atom is 0.387 e. The van der Waals surface area contributed by atoms with Gasteiger partial charge in [-0.15, -0.1) is 0 Å². The normalized spacial score (nSPS) is 10.5. The fourth-order valence-electron chi connectivity index (χ4n) is 1.39. The molecule has 0 aliphatic heterocycles. The van der Waals surface area contributed by atoms with Crippen LogP contribution in [0.1, 0.15) is 5.56 Å². The van der Waals surface area contributed by atoms with Crippen LogP contribution in [0.4, 0.5) is 13.6 Å². The second-order valence-corrected chi connectivity index (χ2v) is 4.51. The molecular weight excluding hydrogens is 324 g/mol. The largest absolute Gasteiger partial charge is 0.434 e. The number of amides is 2. The Morgan fingerprint density at radius 3 is 2.79 bits per heavy atom. The average molecular weight is 338 g/mol. The van der Waals surface area contributed by atoms with Crippen LogP contribution in [0.15, 0.2) is 22.7 Å². The van der Waals surface area contributed by atoms with E-state index in [0.717, 1.165) is 4.47 Å². The summed E-state index contributed by atoms with van der Waals surface area (Å²) >= 11 is 3.26. The molecule has 4 N–H and O–H groups in total. The molecule has 1 aromatic carbocycles. The molecule has 106 valence electrons. The second-order valence-electron chi connectivity index (χ2n) is 3.60. The van der Waals surface area contributed by atoms with Crippen LogP contribution in [0.25, 0.3) is 0 Å². The first-order valence-corrected chi connectivity index (χ1v) is 6.25. The zero-order chi connectivity index (χ0) is 14.3. The molecule has 0 aromatic heterocycles. The molecule has 1 rings (SSSR count). The molecule has 0 atom stereocenters. The van der Waals surface area contributed by atoms with E-state index in [9.17, 15) is 13.6 Å². The van der Waals surface area contributed by atoms with Crippen molar-refractivity contribution in [2.75, 3.05) is 13.1 Å². The number of carbonyl (C=O) groups excluding carboxylic acids is 1. The van der Waals surface area contributed by atoms with E-state index in [4.69, 9.17) is 5.73 Å². The molecule has 0 aliphatic rings. The number of carbonyl (C=O) groups is 1. The Balaban J connectivity index is 2.51. The summed E-state index contributed by atoms with van der Waals surface area (Å²) < 4.78 is 29.6. The number of hydrogen-bond donors (Lipinski definition) is 3. The lowest BCUT2D eigenvalue weighted by atomic mass is 10.2. The summed E-state index contributed by atoms with van der Waals surface area (Å²) in [4.78, 5) is 10.4. The molecule has 1 aromatic rings. The molecule has 0 spiro atoms. The van der Waals surface area contributed by atoms with Gasteiger partial charge in [0.05, 0.1) is 0 Å². The van der Waals surface area contributed by atoms with E-state index in [0.29, 0.717) is 25.2 Å². The first-order valence-electron chi connectivity index (χ1n) is 5.46. The van der Waals surface area contributed by atoms with Gasteiger partial charge in [-0.2, -0.15) is 8.78 Å². The first-order chi connectivity index (χ1) is 8.99. The van der Waals surface area contributed by atoms with Crippen molar-refractivity contribution in [3.63, 3.8) is 0 Å². The van der Waals surface area contributed by atoms with Crippen LogP contribution < -0.4 is 21.1 Å². The van der Waals surface area contributed by atoms with E-state index in [2.05, 4.69) is 31.3 Å². The zero-order valence-corrected chi connectivity index (χ0v) is 11.5. The standard InChI is InChI=1S/C11H14BrF2N3O2/c12-8-1-2-9(19-10(13)14)7(5-8)6-16-3-4-17-11(15)18/h1-2,5,10,16H,3-4,6H2,(H3,15,17,18). The molecule has 0 saturated heterocycles. The quantitative estimate of drug-likeness (QED) is 0.664. The maximum absolute atomic E-state index is 12.2. The highest BCUT2D eigenvalue weighted by Gasteiger charge is 2.09. The third-order valence-electron chi connectivity index (χ3n) is 2.16. The summed E-state index contributed by atoms with van der Waals surface area (Å²) in [6.45, 7) is -1.71. The summed E-state index contributed by atoms with van der Waals surface area (Å²) in [7, 11) is 0. The lowest BCUT2D eigenvalue weighted by molar-refractivity contribution is -0.0505. The van der Waals surface area contributed by atoms with Crippen LogP contribution in [0.2, 0.25) is 0 Å². The molecular formula is C11H14BrF2N3O2. The molecule has 0 heterocycles. The molecule has 0 radical (unpaired) electrons. The summed E-state index contributed by atoms with van der Waals surface area (Å²) in [5.74, 6) is 0.119. The number of rotatable bonds is 7. The molecule has 19 heavy (non-hydrogen) atoms. The summed E-state index contributed by atoms with van der Waals surface area (Å²) in [6, 6.07) is 4.17. The van der Waals surface area contributed by atoms with E-state index in [1.54, 1.807) is 12.1 Å². The minimum atomic E-state index is -2.86. The van der Waals surface area contributed by atoms with Gasteiger partial charge in [0, 0.05) is 29.7 Å². The van der Waals surface area contributed by atoms with Crippen LogP contribution in [0, 0.1) is 0 Å². The lowest BCUT2D eigenvalue weighted by Crippen LogP contribution is -2.35. The zero-order valence-electron chi connectivity index (χ0n) is 9.96. The van der Waals surface area contributed by atoms with E-state index in [1.807, 2.05) is 0 Å². The van der Waals surface area contributed by atoms with Gasteiger partial charge in [0.25, 0.3) is 0 Å². The fourth-order valence-corrected chi connectivity index (χ4v) is 1.80. The lowest BCUT2D eigenvalue weighted by Gasteiger charge is -2.12. The first kappa shape index (κ1) is 15.6. The predicted molar refractivity (Wildman–Crippen MR) is 70.1 cm³/mol. The van der Waals surface area contributed by atoms with Crippen molar-refractivity contribution in [3.8, 4) is 5.75 Å². The maximum atomic E-state index is 12.2. The number of ether oxygens (including phenoxy) is 1. The highest BCUT2D eigenvalue weighted by molar-refractivity contribution is 9.10. The summed E-state index contributed by atoms with van der Waals surface area (Å²) in [6.07, 6.45) is 0. The van der Waals surface area contributed by atoms with Crippen molar-refractivity contribution >= 4 is 22.0 Å². The highest BCUT2D eigenvalue weighted by Crippen LogP contribution is 2.24. The highest BCUT2D eigenvalue weighted by atomic mass is 79.9. The van der Waals surface area contributed by atoms with Crippen LogP contribution >= 0.6 is 15.9 Å². The smallest absolute Gasteiger partial charge is 0.387 e. The average Bonchev–Trinajstić information content (AvgIpc) is 2.31. The van der Waals surface area contributed by atoms with Gasteiger partial charge in [0.1, 0.15) is 5.75 Å². The Morgan fingerprint density at radius 1 is 1.42 bits per heavy atom. The molecule has 5 nitrogen and oxygen atoms in total. The Morgan fingerprint density at radius 2 is 2.16 bits per heavy atom. The van der Waals surface area contributed by atoms with Crippen molar-refractivity contribution in [2.24, 2.45) is 5.73 Å². The number of benzene rings is 1. The topological polar surface area (TPSA) is 76.4 Å². The molecule has 0 bridgehead atoms. The number of hydrogen-bond acceptors (Lipinski definition) is 3. The van der Waals surface area contributed by atoms with Crippen molar-refractivity contribution in [3.05, 3.63) is 28.2 Å². The van der Waals surface area contributed by atoms with Crippen molar-refractivity contribution in [1.82, 2.24) is 10.6 Å². The number of primary amides is 1. The summed E-state index contributed by atoms with van der Waals surface area (Å²) in [5.41, 5.74) is 5.49. The van der Waals surface area contributed by atoms with E-state index in [1.165, 1.54) is 6.07 Å². The fraction of sp³-hybridized carbons (Fsp3) is 0.364. The molecule has 0 fully saturated rings. The van der Waals surface area contributed by atoms with Crippen LogP contribution in [-0.4, -0.2) is 25.7 Å². The number of nitrogens with two attached hydrogens (primary N) is 1. The van der Waals surface area contributed by atoms with Gasteiger partial charge in [-0.25, -0.2) is 4.79 Å². The number of nitrogens with one attached hydrogen (secondary N) is 2. The van der Waals surface area contributed by atoms with E-state index in [-0.39, 0.29) is 5.75 Å². The number of halogens is 3. The molecule has 8 heteroatoms. The Hall–Kier alpha value is -1.41. The van der Waals surface area contributed by atoms with Crippen molar-refractivity contribution < 1.29 is 18.3 Å². The van der Waals surface area contributed by atoms with E-state index < -0.39 is 12.6 Å². The van der Waals surface area contributed by atoms with Crippen LogP contribution in [0.5, 0.6) is 5.75 Å². The number of alkyl halides is 2. The van der Waals surface area contributed by atoms with Gasteiger partial charge >= 0.3 is 12.6 Å². The van der Waals surface area contributed by atoms with E-state index >= 15 is 0 Å². The van der Waals surface area contributed by atoms with Gasteiger partial charge < -0.3 is 21.1 Å². The van der Waals surface area contributed by atoms with Crippen molar-refractivity contribution in [1.29, 1.82) is 0 Å². The van der Waals surface area contributed by atoms with Crippen LogP contribution in [-0.2, 0) is 6.54 Å². The third kappa shape index (κ3) is 6.35. The monoisotopic (exact) mass is 337 g/mol. The number of urea groups is 1. The van der Waals surface area contributed by atoms with Crippen molar-refractivity contribution in [2.45, 2.75) is 13.2 Å².